The van der Waals surface area contributed by atoms with E-state index in [0.29, 0.717) is 12.1 Å². The van der Waals surface area contributed by atoms with Crippen molar-refractivity contribution in [2.24, 2.45) is 0 Å². The molecule has 5 nitrogen and oxygen atoms in total. The van der Waals surface area contributed by atoms with Crippen molar-refractivity contribution in [2.75, 3.05) is 0 Å². The van der Waals surface area contributed by atoms with Crippen molar-refractivity contribution >= 4 is 11.9 Å². The molecule has 0 spiro atoms. The van der Waals surface area contributed by atoms with Gasteiger partial charge in [0, 0.05) is 0 Å². The van der Waals surface area contributed by atoms with Crippen molar-refractivity contribution in [3.05, 3.63) is 59.2 Å². The number of carbonyl (C=O) groups is 2. The van der Waals surface area contributed by atoms with Crippen molar-refractivity contribution in [3.8, 4) is 11.5 Å². The highest BCUT2D eigenvalue weighted by molar-refractivity contribution is 6.02. The van der Waals surface area contributed by atoms with E-state index >= 15 is 0 Å². The Bertz CT molecular complexity index is 872. The zero-order valence-electron chi connectivity index (χ0n) is 13.5. The minimum Gasteiger partial charge on any atom is -0.478 e. The highest BCUT2D eigenvalue weighted by atomic mass is 19.4. The quantitative estimate of drug-likeness (QED) is 0.674. The van der Waals surface area contributed by atoms with Crippen LogP contribution in [0.25, 0.3) is 0 Å². The summed E-state index contributed by atoms with van der Waals surface area (Å²) in [6, 6.07) is 5.79. The van der Waals surface area contributed by atoms with Crippen LogP contribution in [-0.2, 0) is 0 Å². The van der Waals surface area contributed by atoms with Crippen LogP contribution in [0, 0.1) is 0 Å². The maximum absolute atomic E-state index is 12.7. The zero-order chi connectivity index (χ0) is 21.3. The van der Waals surface area contributed by atoms with Gasteiger partial charge in [0.25, 0.3) is 0 Å². The molecule has 0 aliphatic heterocycles. The molecule has 11 heteroatoms. The van der Waals surface area contributed by atoms with E-state index in [9.17, 15) is 35.9 Å². The number of alkyl halides is 6. The second kappa shape index (κ2) is 7.41. The van der Waals surface area contributed by atoms with Crippen LogP contribution >= 0.6 is 0 Å². The Hall–Kier alpha value is -3.24. The third-order valence-corrected chi connectivity index (χ3v) is 3.56. The largest absolute Gasteiger partial charge is 0.478 e. The van der Waals surface area contributed by atoms with Gasteiger partial charge in [-0.2, -0.15) is 26.3 Å². The first kappa shape index (κ1) is 21.1. The predicted molar refractivity (Wildman–Crippen MR) is 81.7 cm³/mol. The summed E-state index contributed by atoms with van der Waals surface area (Å²) in [5, 5.41) is 17.9. The Labute approximate surface area is 152 Å². The Kier molecular flexibility index (Phi) is 5.57. The van der Waals surface area contributed by atoms with E-state index in [0.717, 1.165) is 30.3 Å². The first-order chi connectivity index (χ1) is 12.8. The lowest BCUT2D eigenvalue weighted by atomic mass is 9.98. The van der Waals surface area contributed by atoms with Gasteiger partial charge in [-0.05, 0) is 35.9 Å². The fourth-order valence-electron chi connectivity index (χ4n) is 2.38. The number of benzene rings is 2. The molecule has 2 aromatic rings. The molecule has 2 aromatic carbocycles. The van der Waals surface area contributed by atoms with Gasteiger partial charge in [-0.1, -0.05) is 12.1 Å². The van der Waals surface area contributed by atoms with Gasteiger partial charge in [-0.15, -0.1) is 0 Å². The molecule has 2 rings (SSSR count). The average molecular weight is 408 g/mol. The fourth-order valence-corrected chi connectivity index (χ4v) is 2.38. The van der Waals surface area contributed by atoms with Gasteiger partial charge < -0.3 is 14.9 Å². The van der Waals surface area contributed by atoms with Gasteiger partial charge in [-0.3, -0.25) is 0 Å². The first-order valence-corrected chi connectivity index (χ1v) is 7.32. The van der Waals surface area contributed by atoms with Crippen LogP contribution in [0.4, 0.5) is 26.3 Å². The molecule has 0 amide bonds. The average Bonchev–Trinajstić information content (AvgIpc) is 2.53. The molecule has 150 valence electrons. The highest BCUT2D eigenvalue weighted by Gasteiger charge is 2.57. The number of carboxylic acids is 2. The maximum Gasteiger partial charge on any atom is 0.404 e. The number of ether oxygens (including phenoxy) is 1. The zero-order valence-corrected chi connectivity index (χ0v) is 13.5. The minimum absolute atomic E-state index is 0.168. The summed E-state index contributed by atoms with van der Waals surface area (Å²) in [4.78, 5) is 22.1. The fraction of sp³-hybridized carbons (Fsp3) is 0.176. The maximum atomic E-state index is 12.7. The van der Waals surface area contributed by atoms with E-state index in [1.54, 1.807) is 0 Å². The standard InChI is InChI=1S/C17H10F6O5/c18-16(19,20)13(17(21,22)23)8-1-3-9(4-2-8)28-10-5-6-11(14(24)25)12(7-10)15(26)27/h1-7,13H,(H,24,25)(H,26,27). The van der Waals surface area contributed by atoms with Crippen LogP contribution in [0.15, 0.2) is 42.5 Å². The molecule has 0 aliphatic rings. The normalized spacial score (nSPS) is 12.1. The van der Waals surface area contributed by atoms with Crippen LogP contribution in [0.1, 0.15) is 32.2 Å². The number of aromatic carboxylic acids is 2. The third kappa shape index (κ3) is 4.72. The van der Waals surface area contributed by atoms with Crippen LogP contribution in [-0.4, -0.2) is 34.5 Å². The molecule has 0 unspecified atom stereocenters. The van der Waals surface area contributed by atoms with Crippen molar-refractivity contribution in [1.29, 1.82) is 0 Å². The summed E-state index contributed by atoms with van der Waals surface area (Å²) >= 11 is 0. The van der Waals surface area contributed by atoms with Crippen molar-refractivity contribution in [1.82, 2.24) is 0 Å². The molecule has 0 heterocycles. The van der Waals surface area contributed by atoms with Gasteiger partial charge >= 0.3 is 24.3 Å². The number of carboxylic acid groups (broad SMARTS) is 2. The van der Waals surface area contributed by atoms with Crippen LogP contribution in [0.5, 0.6) is 11.5 Å². The monoisotopic (exact) mass is 408 g/mol. The first-order valence-electron chi connectivity index (χ1n) is 7.32. The molecule has 0 aromatic heterocycles. The molecule has 0 radical (unpaired) electrons. The summed E-state index contributed by atoms with van der Waals surface area (Å²) in [6.07, 6.45) is -11.1. The summed E-state index contributed by atoms with van der Waals surface area (Å²) < 4.78 is 81.5. The number of hydrogen-bond donors (Lipinski definition) is 2. The molecule has 0 aliphatic carbocycles. The lowest BCUT2D eigenvalue weighted by Gasteiger charge is -2.23. The van der Waals surface area contributed by atoms with E-state index in [1.807, 2.05) is 0 Å². The van der Waals surface area contributed by atoms with Gasteiger partial charge in [0.05, 0.1) is 11.1 Å². The highest BCUT2D eigenvalue weighted by Crippen LogP contribution is 2.46. The SMILES string of the molecule is O=C(O)c1ccc(Oc2ccc(C(C(F)(F)F)C(F)(F)F)cc2)cc1C(=O)O. The van der Waals surface area contributed by atoms with Crippen LogP contribution in [0.3, 0.4) is 0 Å². The Balaban J connectivity index is 2.31. The Morgan fingerprint density at radius 1 is 0.750 bits per heavy atom. The predicted octanol–water partition coefficient (Wildman–Crippen LogP) is 5.08. The molecule has 0 saturated heterocycles. The molecular weight excluding hydrogens is 398 g/mol. The van der Waals surface area contributed by atoms with E-state index in [4.69, 9.17) is 14.9 Å². The van der Waals surface area contributed by atoms with Crippen molar-refractivity contribution < 1.29 is 50.9 Å². The summed E-state index contributed by atoms with van der Waals surface area (Å²) in [5.74, 6) is -7.07. The number of hydrogen-bond acceptors (Lipinski definition) is 3. The van der Waals surface area contributed by atoms with Gasteiger partial charge in [-0.25, -0.2) is 9.59 Å². The number of rotatable bonds is 5. The van der Waals surface area contributed by atoms with Crippen molar-refractivity contribution in [2.45, 2.75) is 18.3 Å². The molecule has 0 bridgehead atoms. The molecule has 28 heavy (non-hydrogen) atoms. The second-order valence-electron chi connectivity index (χ2n) is 5.51. The number of halogens is 6. The second-order valence-corrected chi connectivity index (χ2v) is 5.51. The van der Waals surface area contributed by atoms with E-state index in [1.165, 1.54) is 0 Å². The Morgan fingerprint density at radius 3 is 1.64 bits per heavy atom. The van der Waals surface area contributed by atoms with E-state index in [-0.39, 0.29) is 11.5 Å². The van der Waals surface area contributed by atoms with Gasteiger partial charge in [0.15, 0.2) is 5.92 Å². The van der Waals surface area contributed by atoms with Crippen LogP contribution in [0.2, 0.25) is 0 Å². The lowest BCUT2D eigenvalue weighted by Crippen LogP contribution is -2.34. The summed E-state index contributed by atoms with van der Waals surface area (Å²) in [7, 11) is 0. The molecule has 0 atom stereocenters. The van der Waals surface area contributed by atoms with Crippen molar-refractivity contribution in [3.63, 3.8) is 0 Å². The topological polar surface area (TPSA) is 83.8 Å². The van der Waals surface area contributed by atoms with Gasteiger partial charge in [0.1, 0.15) is 11.5 Å². The summed E-state index contributed by atoms with van der Waals surface area (Å²) in [6.45, 7) is 0. The molecule has 0 fully saturated rings. The van der Waals surface area contributed by atoms with E-state index in [2.05, 4.69) is 0 Å². The van der Waals surface area contributed by atoms with Gasteiger partial charge in [0.2, 0.25) is 0 Å². The third-order valence-electron chi connectivity index (χ3n) is 3.56. The molecule has 0 saturated carbocycles. The minimum atomic E-state index is -5.54. The Morgan fingerprint density at radius 2 is 1.21 bits per heavy atom. The lowest BCUT2D eigenvalue weighted by molar-refractivity contribution is -0.253. The van der Waals surface area contributed by atoms with Crippen LogP contribution < -0.4 is 4.74 Å². The molecule has 2 N–H and O–H groups in total. The molecular formula is C17H10F6O5. The van der Waals surface area contributed by atoms with E-state index < -0.39 is 46.9 Å². The smallest absolute Gasteiger partial charge is 0.404 e. The summed E-state index contributed by atoms with van der Waals surface area (Å²) in [5.41, 5.74) is -2.16.